The van der Waals surface area contributed by atoms with Gasteiger partial charge in [-0.2, -0.15) is 0 Å². The maximum atomic E-state index is 9.38. The highest BCUT2D eigenvalue weighted by molar-refractivity contribution is 5.50. The van der Waals surface area contributed by atoms with Crippen molar-refractivity contribution in [2.24, 2.45) is 0 Å². The van der Waals surface area contributed by atoms with E-state index in [1.54, 1.807) is 0 Å². The molecule has 1 aliphatic heterocycles. The molecule has 1 saturated heterocycles. The second kappa shape index (κ2) is 5.29. The Labute approximate surface area is 109 Å². The van der Waals surface area contributed by atoms with Crippen LogP contribution in [-0.2, 0) is 10.2 Å². The summed E-state index contributed by atoms with van der Waals surface area (Å²) in [7, 11) is 0. The van der Waals surface area contributed by atoms with E-state index >= 15 is 0 Å². The standard InChI is InChI=1S/C15H23NO2/c1-15(2,3)12-4-6-13(7-5-12)16-8-9-18-11-14(16)10-17/h4-7,14,17H,8-11H2,1-3H3. The Kier molecular flexibility index (Phi) is 3.93. The van der Waals surface area contributed by atoms with Crippen LogP contribution in [-0.4, -0.2) is 37.5 Å². The van der Waals surface area contributed by atoms with Crippen LogP contribution in [0.15, 0.2) is 24.3 Å². The largest absolute Gasteiger partial charge is 0.394 e. The molecular formula is C15H23NO2. The molecule has 1 fully saturated rings. The van der Waals surface area contributed by atoms with Crippen molar-refractivity contribution in [3.05, 3.63) is 29.8 Å². The Morgan fingerprint density at radius 2 is 1.94 bits per heavy atom. The Hall–Kier alpha value is -1.06. The molecule has 100 valence electrons. The lowest BCUT2D eigenvalue weighted by molar-refractivity contribution is 0.0727. The van der Waals surface area contributed by atoms with Crippen molar-refractivity contribution in [3.8, 4) is 0 Å². The number of morpholine rings is 1. The number of hydrogen-bond acceptors (Lipinski definition) is 3. The van der Waals surface area contributed by atoms with Crippen molar-refractivity contribution in [1.82, 2.24) is 0 Å². The average molecular weight is 249 g/mol. The molecule has 3 nitrogen and oxygen atoms in total. The number of anilines is 1. The van der Waals surface area contributed by atoms with Crippen molar-refractivity contribution in [2.75, 3.05) is 31.3 Å². The van der Waals surface area contributed by atoms with Crippen molar-refractivity contribution in [1.29, 1.82) is 0 Å². The van der Waals surface area contributed by atoms with Gasteiger partial charge in [0.2, 0.25) is 0 Å². The van der Waals surface area contributed by atoms with Crippen LogP contribution in [0.25, 0.3) is 0 Å². The van der Waals surface area contributed by atoms with E-state index < -0.39 is 0 Å². The molecule has 0 bridgehead atoms. The fourth-order valence-corrected chi connectivity index (χ4v) is 2.30. The van der Waals surface area contributed by atoms with Gasteiger partial charge in [-0.15, -0.1) is 0 Å². The van der Waals surface area contributed by atoms with Gasteiger partial charge in [-0.25, -0.2) is 0 Å². The predicted octanol–water partition coefficient (Wildman–Crippen LogP) is 2.18. The molecule has 0 spiro atoms. The summed E-state index contributed by atoms with van der Waals surface area (Å²) < 4.78 is 5.40. The second-order valence-electron chi connectivity index (χ2n) is 5.90. The first kappa shape index (κ1) is 13.4. The normalized spacial score (nSPS) is 21.1. The van der Waals surface area contributed by atoms with E-state index in [-0.39, 0.29) is 18.1 Å². The molecule has 1 aromatic carbocycles. The van der Waals surface area contributed by atoms with Crippen LogP contribution < -0.4 is 4.90 Å². The van der Waals surface area contributed by atoms with Gasteiger partial charge in [0.05, 0.1) is 25.9 Å². The van der Waals surface area contributed by atoms with Gasteiger partial charge in [0.15, 0.2) is 0 Å². The van der Waals surface area contributed by atoms with Crippen LogP contribution in [0, 0.1) is 0 Å². The zero-order chi connectivity index (χ0) is 13.2. The van der Waals surface area contributed by atoms with Crippen molar-refractivity contribution < 1.29 is 9.84 Å². The topological polar surface area (TPSA) is 32.7 Å². The molecular weight excluding hydrogens is 226 g/mol. The molecule has 0 aromatic heterocycles. The van der Waals surface area contributed by atoms with Gasteiger partial charge in [0.1, 0.15) is 0 Å². The van der Waals surface area contributed by atoms with E-state index in [1.807, 2.05) is 0 Å². The molecule has 0 radical (unpaired) electrons. The van der Waals surface area contributed by atoms with Gasteiger partial charge in [0.25, 0.3) is 0 Å². The number of aliphatic hydroxyl groups is 1. The molecule has 1 unspecified atom stereocenters. The molecule has 18 heavy (non-hydrogen) atoms. The first-order valence-electron chi connectivity index (χ1n) is 6.58. The Bertz CT molecular complexity index is 380. The number of aliphatic hydroxyl groups excluding tert-OH is 1. The highest BCUT2D eigenvalue weighted by atomic mass is 16.5. The molecule has 1 atom stereocenters. The second-order valence-corrected chi connectivity index (χ2v) is 5.90. The van der Waals surface area contributed by atoms with Gasteiger partial charge < -0.3 is 14.7 Å². The monoisotopic (exact) mass is 249 g/mol. The summed E-state index contributed by atoms with van der Waals surface area (Å²) in [5, 5.41) is 9.38. The summed E-state index contributed by atoms with van der Waals surface area (Å²) >= 11 is 0. The number of nitrogens with zero attached hydrogens (tertiary/aromatic N) is 1. The summed E-state index contributed by atoms with van der Waals surface area (Å²) in [6.07, 6.45) is 0. The fraction of sp³-hybridized carbons (Fsp3) is 0.600. The van der Waals surface area contributed by atoms with Gasteiger partial charge in [-0.05, 0) is 23.1 Å². The van der Waals surface area contributed by atoms with E-state index in [4.69, 9.17) is 4.74 Å². The number of ether oxygens (including phenoxy) is 1. The molecule has 1 aliphatic rings. The Balaban J connectivity index is 2.18. The highest BCUT2D eigenvalue weighted by Gasteiger charge is 2.23. The number of rotatable bonds is 2. The number of benzene rings is 1. The SMILES string of the molecule is CC(C)(C)c1ccc(N2CCOCC2CO)cc1. The molecule has 1 aromatic rings. The summed E-state index contributed by atoms with van der Waals surface area (Å²) in [6, 6.07) is 8.74. The first-order valence-corrected chi connectivity index (χ1v) is 6.58. The zero-order valence-corrected chi connectivity index (χ0v) is 11.5. The quantitative estimate of drug-likeness (QED) is 0.872. The highest BCUT2D eigenvalue weighted by Crippen LogP contribution is 2.26. The van der Waals surface area contributed by atoms with Crippen molar-refractivity contribution >= 4 is 5.69 Å². The van der Waals surface area contributed by atoms with E-state index in [0.717, 1.165) is 13.2 Å². The summed E-state index contributed by atoms with van der Waals surface area (Å²) in [5.74, 6) is 0. The van der Waals surface area contributed by atoms with Crippen molar-refractivity contribution in [3.63, 3.8) is 0 Å². The maximum absolute atomic E-state index is 9.38. The van der Waals surface area contributed by atoms with Gasteiger partial charge in [-0.1, -0.05) is 32.9 Å². The van der Waals surface area contributed by atoms with E-state index in [9.17, 15) is 5.11 Å². The zero-order valence-electron chi connectivity index (χ0n) is 11.5. The lowest BCUT2D eigenvalue weighted by atomic mass is 9.87. The van der Waals surface area contributed by atoms with E-state index in [1.165, 1.54) is 11.3 Å². The molecule has 0 amide bonds. The minimum Gasteiger partial charge on any atom is -0.394 e. The summed E-state index contributed by atoms with van der Waals surface area (Å²) in [5.41, 5.74) is 2.69. The first-order chi connectivity index (χ1) is 8.52. The minimum atomic E-state index is 0.0826. The van der Waals surface area contributed by atoms with Crippen LogP contribution >= 0.6 is 0 Å². The predicted molar refractivity (Wildman–Crippen MR) is 74.2 cm³/mol. The molecule has 0 saturated carbocycles. The Morgan fingerprint density at radius 3 is 2.50 bits per heavy atom. The van der Waals surface area contributed by atoms with Crippen LogP contribution in [0.1, 0.15) is 26.3 Å². The third-order valence-corrected chi connectivity index (χ3v) is 3.50. The third-order valence-electron chi connectivity index (χ3n) is 3.50. The lowest BCUT2D eigenvalue weighted by Gasteiger charge is -2.36. The molecule has 1 heterocycles. The summed E-state index contributed by atoms with van der Waals surface area (Å²) in [6.45, 7) is 8.98. The van der Waals surface area contributed by atoms with Gasteiger partial charge in [0, 0.05) is 12.2 Å². The molecule has 2 rings (SSSR count). The smallest absolute Gasteiger partial charge is 0.0755 e. The lowest BCUT2D eigenvalue weighted by Crippen LogP contribution is -2.47. The van der Waals surface area contributed by atoms with Crippen LogP contribution in [0.3, 0.4) is 0 Å². The van der Waals surface area contributed by atoms with Crippen molar-refractivity contribution in [2.45, 2.75) is 32.2 Å². The van der Waals surface area contributed by atoms with Crippen LogP contribution in [0.2, 0.25) is 0 Å². The maximum Gasteiger partial charge on any atom is 0.0755 e. The Morgan fingerprint density at radius 1 is 1.28 bits per heavy atom. The number of hydrogen-bond donors (Lipinski definition) is 1. The molecule has 3 heteroatoms. The summed E-state index contributed by atoms with van der Waals surface area (Å²) in [4.78, 5) is 2.23. The van der Waals surface area contributed by atoms with Crippen LogP contribution in [0.5, 0.6) is 0 Å². The van der Waals surface area contributed by atoms with Gasteiger partial charge >= 0.3 is 0 Å². The average Bonchev–Trinajstić information content (AvgIpc) is 2.38. The molecule has 0 aliphatic carbocycles. The third kappa shape index (κ3) is 2.85. The minimum absolute atomic E-state index is 0.0826. The molecule has 1 N–H and O–H groups in total. The van der Waals surface area contributed by atoms with E-state index in [0.29, 0.717) is 6.61 Å². The van der Waals surface area contributed by atoms with Crippen LogP contribution in [0.4, 0.5) is 5.69 Å². The fourth-order valence-electron chi connectivity index (χ4n) is 2.30. The van der Waals surface area contributed by atoms with Gasteiger partial charge in [-0.3, -0.25) is 0 Å². The van der Waals surface area contributed by atoms with E-state index in [2.05, 4.69) is 49.9 Å².